The molecule has 0 bridgehead atoms. The van der Waals surface area contributed by atoms with Crippen molar-refractivity contribution < 1.29 is 0 Å². The molecule has 1 aromatic rings. The molecular formula is C10H16IKN2. The number of halogens is 1. The van der Waals surface area contributed by atoms with Crippen LogP contribution in [0.1, 0.15) is 13.8 Å². The van der Waals surface area contributed by atoms with Crippen molar-refractivity contribution in [2.45, 2.75) is 13.8 Å². The van der Waals surface area contributed by atoms with E-state index in [0.717, 1.165) is 61.5 Å². The number of nitrogens with two attached hydrogens (primary N) is 1. The SMILES string of the molecule is CCN(CC)c1ccc(N)cc1.[K][I]. The zero-order valence-corrected chi connectivity index (χ0v) is 14.4. The Morgan fingerprint density at radius 3 is 1.93 bits per heavy atom. The summed E-state index contributed by atoms with van der Waals surface area (Å²) in [5, 5.41) is 0. The van der Waals surface area contributed by atoms with Crippen LogP contribution in [0.2, 0.25) is 0 Å². The fraction of sp³-hybridized carbons (Fsp3) is 0.400. The van der Waals surface area contributed by atoms with Gasteiger partial charge in [-0.2, -0.15) is 0 Å². The molecule has 4 heteroatoms. The molecule has 0 spiro atoms. The van der Waals surface area contributed by atoms with Gasteiger partial charge >= 0.3 is 54.0 Å². The first-order chi connectivity index (χ1) is 6.77. The van der Waals surface area contributed by atoms with Crippen molar-refractivity contribution in [2.75, 3.05) is 23.7 Å². The average Bonchev–Trinajstić information content (AvgIpc) is 2.25. The number of hydrogen-bond donors (Lipinski definition) is 1. The van der Waals surface area contributed by atoms with Crippen LogP contribution in [0.25, 0.3) is 0 Å². The Hall–Kier alpha value is 1.19. The second-order valence-electron chi connectivity index (χ2n) is 2.76. The van der Waals surface area contributed by atoms with Gasteiger partial charge < -0.3 is 10.6 Å². The quantitative estimate of drug-likeness (QED) is 0.524. The molecule has 0 aliphatic carbocycles. The fourth-order valence-corrected chi connectivity index (χ4v) is 1.27. The van der Waals surface area contributed by atoms with E-state index < -0.39 is 0 Å². The van der Waals surface area contributed by atoms with Crippen LogP contribution in [0.15, 0.2) is 24.3 Å². The van der Waals surface area contributed by atoms with Gasteiger partial charge in [0, 0.05) is 24.5 Å². The normalized spacial score (nSPS) is 8.93. The first kappa shape index (κ1) is 15.2. The first-order valence-corrected chi connectivity index (χ1v) is 14.8. The maximum atomic E-state index is 5.59. The van der Waals surface area contributed by atoms with Gasteiger partial charge in [0.15, 0.2) is 0 Å². The van der Waals surface area contributed by atoms with E-state index in [0.29, 0.717) is 0 Å². The van der Waals surface area contributed by atoms with E-state index in [4.69, 9.17) is 5.73 Å². The van der Waals surface area contributed by atoms with Crippen LogP contribution in [-0.4, -0.2) is 55.8 Å². The van der Waals surface area contributed by atoms with E-state index in [-0.39, 0.29) is 0 Å². The molecule has 1 rings (SSSR count). The van der Waals surface area contributed by atoms with Gasteiger partial charge in [-0.15, -0.1) is 0 Å². The standard InChI is InChI=1S/C10H16N2.HI.K/c1-3-12(4-2)10-7-5-9(11)6-8-10;;/h5-8H,3-4,11H2,1-2H3;1H;/q;;+1/p-1. The third kappa shape index (κ3) is 5.32. The number of nitrogens with zero attached hydrogens (tertiary/aromatic N) is 1. The summed E-state index contributed by atoms with van der Waals surface area (Å²) >= 11 is 3.37. The number of nitrogen functional groups attached to an aromatic ring is 1. The molecule has 2 N–H and O–H groups in total. The molecule has 0 heterocycles. The van der Waals surface area contributed by atoms with Crippen molar-refractivity contribution in [2.24, 2.45) is 0 Å². The first-order valence-electron chi connectivity index (χ1n) is 4.76. The minimum atomic E-state index is 0.825. The Kier molecular flexibility index (Phi) is 10.2. The zero-order valence-electron chi connectivity index (χ0n) is 9.13. The van der Waals surface area contributed by atoms with Crippen molar-refractivity contribution in [1.29, 1.82) is 0 Å². The zero-order chi connectivity index (χ0) is 11.0. The Labute approximate surface area is 125 Å². The van der Waals surface area contributed by atoms with Gasteiger partial charge in [-0.3, -0.25) is 0 Å². The summed E-state index contributed by atoms with van der Waals surface area (Å²) in [5.41, 5.74) is 7.66. The summed E-state index contributed by atoms with van der Waals surface area (Å²) in [4.78, 5) is 2.29. The van der Waals surface area contributed by atoms with Crippen LogP contribution in [0.4, 0.5) is 11.4 Å². The van der Waals surface area contributed by atoms with Crippen LogP contribution in [-0.2, 0) is 0 Å². The van der Waals surface area contributed by atoms with E-state index in [1.807, 2.05) is 12.1 Å². The van der Waals surface area contributed by atoms with Crippen molar-refractivity contribution in [1.82, 2.24) is 0 Å². The van der Waals surface area contributed by atoms with Gasteiger partial charge in [-0.05, 0) is 38.1 Å². The molecule has 0 radical (unpaired) electrons. The molecule has 0 saturated carbocycles. The molecule has 0 amide bonds. The summed E-state index contributed by atoms with van der Waals surface area (Å²) in [6.07, 6.45) is 0. The fourth-order valence-electron chi connectivity index (χ4n) is 1.27. The van der Waals surface area contributed by atoms with Gasteiger partial charge in [-0.1, -0.05) is 0 Å². The molecule has 0 fully saturated rings. The molecule has 0 unspecified atom stereocenters. The summed E-state index contributed by atoms with van der Waals surface area (Å²) in [7, 11) is 0. The molecular weight excluding hydrogens is 314 g/mol. The molecule has 0 saturated heterocycles. The maximum absolute atomic E-state index is 5.59. The second kappa shape index (κ2) is 9.42. The molecule has 74 valence electrons. The third-order valence-electron chi connectivity index (χ3n) is 2.02. The molecule has 14 heavy (non-hydrogen) atoms. The predicted molar refractivity (Wildman–Crippen MR) is 74.2 cm³/mol. The summed E-state index contributed by atoms with van der Waals surface area (Å²) in [5.74, 6) is 0. The summed E-state index contributed by atoms with van der Waals surface area (Å²) in [6, 6.07) is 7.99. The molecule has 0 atom stereocenters. The summed E-state index contributed by atoms with van der Waals surface area (Å²) in [6.45, 7) is 6.39. The number of hydrogen-bond acceptors (Lipinski definition) is 2. The van der Waals surface area contributed by atoms with Crippen LogP contribution in [0.3, 0.4) is 0 Å². The van der Waals surface area contributed by atoms with E-state index in [2.05, 4.69) is 42.2 Å². The molecule has 0 aromatic heterocycles. The summed E-state index contributed by atoms with van der Waals surface area (Å²) < 4.78 is 0. The molecule has 1 aromatic carbocycles. The van der Waals surface area contributed by atoms with Crippen LogP contribution in [0, 0.1) is 0 Å². The third-order valence-corrected chi connectivity index (χ3v) is 2.02. The van der Waals surface area contributed by atoms with Crippen LogP contribution < -0.4 is 10.6 Å². The van der Waals surface area contributed by atoms with Gasteiger partial charge in [0.25, 0.3) is 0 Å². The monoisotopic (exact) mass is 330 g/mol. The number of anilines is 2. The van der Waals surface area contributed by atoms with Crippen LogP contribution in [0.5, 0.6) is 0 Å². The Morgan fingerprint density at radius 1 is 1.14 bits per heavy atom. The van der Waals surface area contributed by atoms with E-state index in [9.17, 15) is 0 Å². The van der Waals surface area contributed by atoms with Gasteiger partial charge in [0.05, 0.1) is 0 Å². The van der Waals surface area contributed by atoms with E-state index >= 15 is 0 Å². The topological polar surface area (TPSA) is 29.3 Å². The van der Waals surface area contributed by atoms with Crippen molar-refractivity contribution in [3.05, 3.63) is 24.3 Å². The second-order valence-corrected chi connectivity index (χ2v) is 2.76. The van der Waals surface area contributed by atoms with E-state index in [1.165, 1.54) is 5.69 Å². The van der Waals surface area contributed by atoms with Gasteiger partial charge in [0.1, 0.15) is 0 Å². The molecule has 0 aliphatic rings. The van der Waals surface area contributed by atoms with Gasteiger partial charge in [-0.25, -0.2) is 0 Å². The van der Waals surface area contributed by atoms with E-state index in [1.54, 1.807) is 0 Å². The van der Waals surface area contributed by atoms with Crippen molar-refractivity contribution >= 4 is 65.4 Å². The molecule has 2 nitrogen and oxygen atoms in total. The Balaban J connectivity index is 0.000000791. The minimum absolute atomic E-state index is 0.825. The van der Waals surface area contributed by atoms with Crippen LogP contribution >= 0.6 is 11.3 Å². The van der Waals surface area contributed by atoms with Gasteiger partial charge in [0.2, 0.25) is 0 Å². The average molecular weight is 330 g/mol. The van der Waals surface area contributed by atoms with Crippen molar-refractivity contribution in [3.8, 4) is 0 Å². The van der Waals surface area contributed by atoms with Crippen molar-refractivity contribution in [3.63, 3.8) is 0 Å². The number of rotatable bonds is 3. The number of benzene rings is 1. The Bertz CT molecular complexity index is 234. The predicted octanol–water partition coefficient (Wildman–Crippen LogP) is 2.62. The molecule has 0 aliphatic heterocycles. The Morgan fingerprint density at radius 2 is 1.57 bits per heavy atom.